The van der Waals surface area contributed by atoms with Gasteiger partial charge in [0.15, 0.2) is 0 Å². The van der Waals surface area contributed by atoms with Crippen molar-refractivity contribution in [2.45, 2.75) is 26.2 Å². The second-order valence-corrected chi connectivity index (χ2v) is 3.30. The fourth-order valence-electron chi connectivity index (χ4n) is 1.68. The molecule has 1 aromatic carbocycles. The molecule has 1 aliphatic carbocycles. The fraction of sp³-hybridized carbons (Fsp3) is 0.364. The maximum absolute atomic E-state index is 2.35. The van der Waals surface area contributed by atoms with Crippen molar-refractivity contribution in [3.63, 3.8) is 0 Å². The number of hydrogen-bond acceptors (Lipinski definition) is 0. The van der Waals surface area contributed by atoms with Gasteiger partial charge < -0.3 is 0 Å². The summed E-state index contributed by atoms with van der Waals surface area (Å²) in [5.74, 6) is 0. The maximum atomic E-state index is 2.35. The standard InChI is InChI=1S/C11H13.Y/c1-9-6-7-10-4-2-3-5-11(10)8-9;/h5-8H,2-4H2,1H3;/q-1;. The van der Waals surface area contributed by atoms with Crippen LogP contribution in [0.25, 0.3) is 0 Å². The van der Waals surface area contributed by atoms with Crippen LogP contribution in [0, 0.1) is 13.3 Å². The molecule has 2 rings (SSSR count). The molecule has 12 heavy (non-hydrogen) atoms. The van der Waals surface area contributed by atoms with E-state index in [1.165, 1.54) is 36.0 Å². The first-order chi connectivity index (χ1) is 5.36. The van der Waals surface area contributed by atoms with E-state index >= 15 is 0 Å². The smallest absolute Gasteiger partial charge is 0 e. The summed E-state index contributed by atoms with van der Waals surface area (Å²) in [4.78, 5) is 0. The monoisotopic (exact) mass is 234 g/mol. The summed E-state index contributed by atoms with van der Waals surface area (Å²) in [5, 5.41) is 0. The van der Waals surface area contributed by atoms with Crippen LogP contribution in [0.4, 0.5) is 0 Å². The van der Waals surface area contributed by atoms with Gasteiger partial charge in [0.25, 0.3) is 0 Å². The average Bonchev–Trinajstić information content (AvgIpc) is 2.04. The molecule has 0 N–H and O–H groups in total. The van der Waals surface area contributed by atoms with Gasteiger partial charge >= 0.3 is 0 Å². The van der Waals surface area contributed by atoms with Crippen molar-refractivity contribution in [1.29, 1.82) is 0 Å². The quantitative estimate of drug-likeness (QED) is 0.605. The van der Waals surface area contributed by atoms with E-state index in [9.17, 15) is 0 Å². The summed E-state index contributed by atoms with van der Waals surface area (Å²) in [6.45, 7) is 2.16. The van der Waals surface area contributed by atoms with Crippen LogP contribution in [0.5, 0.6) is 0 Å². The molecular weight excluding hydrogens is 221 g/mol. The van der Waals surface area contributed by atoms with E-state index in [1.807, 2.05) is 0 Å². The van der Waals surface area contributed by atoms with Crippen LogP contribution in [0.3, 0.4) is 0 Å². The zero-order valence-electron chi connectivity index (χ0n) is 7.51. The van der Waals surface area contributed by atoms with Gasteiger partial charge in [-0.15, -0.1) is 17.2 Å². The Balaban J connectivity index is 0.000000720. The van der Waals surface area contributed by atoms with Crippen molar-refractivity contribution in [3.8, 4) is 0 Å². The molecule has 0 bridgehead atoms. The van der Waals surface area contributed by atoms with Gasteiger partial charge in [0.1, 0.15) is 0 Å². The molecule has 0 aromatic heterocycles. The van der Waals surface area contributed by atoms with E-state index in [-0.39, 0.29) is 32.7 Å². The summed E-state index contributed by atoms with van der Waals surface area (Å²) in [6, 6.07) is 6.76. The van der Waals surface area contributed by atoms with Crippen LogP contribution in [0.15, 0.2) is 18.2 Å². The molecule has 0 nitrogen and oxygen atoms in total. The Labute approximate surface area is 99.6 Å². The van der Waals surface area contributed by atoms with Crippen LogP contribution in [-0.2, 0) is 39.1 Å². The van der Waals surface area contributed by atoms with Crippen molar-refractivity contribution in [2.24, 2.45) is 0 Å². The summed E-state index contributed by atoms with van der Waals surface area (Å²) in [6.07, 6.45) is 6.21. The van der Waals surface area contributed by atoms with Gasteiger partial charge in [-0.2, -0.15) is 18.1 Å². The van der Waals surface area contributed by atoms with Crippen LogP contribution >= 0.6 is 0 Å². The summed E-state index contributed by atoms with van der Waals surface area (Å²) < 4.78 is 0. The van der Waals surface area contributed by atoms with Gasteiger partial charge in [-0.05, 0) is 0 Å². The van der Waals surface area contributed by atoms with E-state index < -0.39 is 0 Å². The molecule has 0 fully saturated rings. The van der Waals surface area contributed by atoms with Gasteiger partial charge in [0.05, 0.1) is 0 Å². The first-order valence-electron chi connectivity index (χ1n) is 4.29. The third-order valence-corrected chi connectivity index (χ3v) is 2.32. The van der Waals surface area contributed by atoms with Crippen LogP contribution in [-0.4, -0.2) is 0 Å². The Kier molecular flexibility index (Phi) is 3.80. The second kappa shape index (κ2) is 4.44. The predicted octanol–water partition coefficient (Wildman–Crippen LogP) is 2.88. The van der Waals surface area contributed by atoms with Crippen LogP contribution in [0.2, 0.25) is 0 Å². The molecule has 0 aliphatic heterocycles. The number of aryl methyl sites for hydroxylation is 2. The molecule has 1 aromatic rings. The second-order valence-electron chi connectivity index (χ2n) is 3.30. The molecule has 0 unspecified atom stereocenters. The molecule has 1 heteroatoms. The largest absolute Gasteiger partial charge is 0.189 e. The SMILES string of the molecule is Cc1ccc2c(c1)[CH-]CCC2.[Y]. The minimum Gasteiger partial charge on any atom is -0.189 e. The number of benzene rings is 1. The van der Waals surface area contributed by atoms with Gasteiger partial charge in [-0.1, -0.05) is 32.3 Å². The molecule has 0 saturated carbocycles. The van der Waals surface area contributed by atoms with E-state index in [0.29, 0.717) is 0 Å². The van der Waals surface area contributed by atoms with Crippen molar-refractivity contribution in [3.05, 3.63) is 41.3 Å². The minimum absolute atomic E-state index is 0. The number of hydrogen-bond donors (Lipinski definition) is 0. The number of fused-ring (bicyclic) bond motifs is 1. The Hall–Kier alpha value is 0.194. The van der Waals surface area contributed by atoms with Crippen LogP contribution < -0.4 is 0 Å². The normalized spacial score (nSPS) is 14.1. The summed E-state index contributed by atoms with van der Waals surface area (Å²) >= 11 is 0. The third-order valence-electron chi connectivity index (χ3n) is 2.32. The van der Waals surface area contributed by atoms with E-state index in [0.717, 1.165) is 0 Å². The molecule has 0 spiro atoms. The first kappa shape index (κ1) is 10.3. The topological polar surface area (TPSA) is 0 Å². The molecule has 0 amide bonds. The molecular formula is C11H13Y-. The molecule has 61 valence electrons. The Bertz CT molecular complexity index is 266. The Morgan fingerprint density at radius 3 is 3.00 bits per heavy atom. The van der Waals surface area contributed by atoms with Crippen molar-refractivity contribution in [1.82, 2.24) is 0 Å². The summed E-state index contributed by atoms with van der Waals surface area (Å²) in [5.41, 5.74) is 4.38. The summed E-state index contributed by atoms with van der Waals surface area (Å²) in [7, 11) is 0. The van der Waals surface area contributed by atoms with Crippen LogP contribution in [0.1, 0.15) is 29.5 Å². The van der Waals surface area contributed by atoms with Crippen molar-refractivity contribution < 1.29 is 32.7 Å². The average molecular weight is 234 g/mol. The minimum atomic E-state index is 0. The van der Waals surface area contributed by atoms with Crippen molar-refractivity contribution in [2.75, 3.05) is 0 Å². The molecule has 0 atom stereocenters. The van der Waals surface area contributed by atoms with Gasteiger partial charge in [0.2, 0.25) is 0 Å². The Morgan fingerprint density at radius 1 is 1.33 bits per heavy atom. The fourth-order valence-corrected chi connectivity index (χ4v) is 1.68. The van der Waals surface area contributed by atoms with Gasteiger partial charge in [-0.25, -0.2) is 0 Å². The predicted molar refractivity (Wildman–Crippen MR) is 47.5 cm³/mol. The zero-order valence-corrected chi connectivity index (χ0v) is 10.3. The molecule has 1 aliphatic rings. The molecule has 0 heterocycles. The van der Waals surface area contributed by atoms with Gasteiger partial charge in [-0.3, -0.25) is 0 Å². The molecule has 1 radical (unpaired) electrons. The molecule has 0 saturated heterocycles. The van der Waals surface area contributed by atoms with E-state index in [1.54, 1.807) is 0 Å². The first-order valence-corrected chi connectivity index (χ1v) is 4.29. The third kappa shape index (κ3) is 2.11. The Morgan fingerprint density at radius 2 is 2.17 bits per heavy atom. The number of rotatable bonds is 0. The van der Waals surface area contributed by atoms with E-state index in [2.05, 4.69) is 31.5 Å². The zero-order chi connectivity index (χ0) is 7.68. The van der Waals surface area contributed by atoms with Crippen molar-refractivity contribution >= 4 is 0 Å². The van der Waals surface area contributed by atoms with E-state index in [4.69, 9.17) is 0 Å². The maximum Gasteiger partial charge on any atom is 0 e. The van der Waals surface area contributed by atoms with Gasteiger partial charge in [0, 0.05) is 32.7 Å².